The predicted molar refractivity (Wildman–Crippen MR) is 105 cm³/mol. The number of guanidine groups is 1. The quantitative estimate of drug-likeness (QED) is 0.411. The number of aromatic nitrogens is 1. The monoisotopic (exact) mass is 468 g/mol. The lowest BCUT2D eigenvalue weighted by Crippen LogP contribution is -2.39. The third-order valence-corrected chi connectivity index (χ3v) is 3.74. The summed E-state index contributed by atoms with van der Waals surface area (Å²) in [7, 11) is 3.69. The molecule has 1 aromatic heterocycles. The summed E-state index contributed by atoms with van der Waals surface area (Å²) >= 11 is 12.1. The Bertz CT molecular complexity index is 634. The van der Waals surface area contributed by atoms with Gasteiger partial charge in [-0.05, 0) is 24.1 Å². The van der Waals surface area contributed by atoms with E-state index in [0.717, 1.165) is 30.2 Å². The first-order valence-electron chi connectivity index (χ1n) is 6.85. The number of halogens is 3. The highest BCUT2D eigenvalue weighted by Gasteiger charge is 2.08. The zero-order valence-corrected chi connectivity index (χ0v) is 16.8. The minimum Gasteiger partial charge on any atom is -0.364 e. The first kappa shape index (κ1) is 20.1. The molecule has 1 N–H and O–H groups in total. The molecule has 0 aliphatic carbocycles. The molecule has 5 nitrogen and oxygen atoms in total. The SMILES string of the molecule is CN=C(NCCc1ccc(Cl)cc1Cl)N(C)Cc1ccon1.I. The van der Waals surface area contributed by atoms with E-state index in [1.807, 2.05) is 30.1 Å². The molecule has 126 valence electrons. The third kappa shape index (κ3) is 6.19. The van der Waals surface area contributed by atoms with Crippen LogP contribution in [-0.2, 0) is 13.0 Å². The van der Waals surface area contributed by atoms with Crippen LogP contribution in [0.2, 0.25) is 10.0 Å². The minimum atomic E-state index is 0. The predicted octanol–water partition coefficient (Wildman–Crippen LogP) is 3.85. The van der Waals surface area contributed by atoms with E-state index in [2.05, 4.69) is 15.5 Å². The molecule has 2 rings (SSSR count). The molecule has 0 saturated carbocycles. The molecule has 1 aromatic carbocycles. The topological polar surface area (TPSA) is 53.7 Å². The van der Waals surface area contributed by atoms with Gasteiger partial charge in [0.1, 0.15) is 12.0 Å². The van der Waals surface area contributed by atoms with Crippen LogP contribution in [0.15, 0.2) is 40.0 Å². The number of hydrogen-bond donors (Lipinski definition) is 1. The van der Waals surface area contributed by atoms with Crippen LogP contribution in [0.3, 0.4) is 0 Å². The van der Waals surface area contributed by atoms with E-state index in [9.17, 15) is 0 Å². The van der Waals surface area contributed by atoms with Crippen molar-refractivity contribution in [2.75, 3.05) is 20.6 Å². The lowest BCUT2D eigenvalue weighted by Gasteiger charge is -2.21. The molecule has 23 heavy (non-hydrogen) atoms. The van der Waals surface area contributed by atoms with Gasteiger partial charge in [0.05, 0.1) is 6.54 Å². The van der Waals surface area contributed by atoms with Gasteiger partial charge in [0.2, 0.25) is 0 Å². The van der Waals surface area contributed by atoms with Crippen LogP contribution < -0.4 is 5.32 Å². The second-order valence-electron chi connectivity index (χ2n) is 4.81. The van der Waals surface area contributed by atoms with Crippen molar-refractivity contribution in [3.63, 3.8) is 0 Å². The lowest BCUT2D eigenvalue weighted by atomic mass is 10.1. The van der Waals surface area contributed by atoms with Gasteiger partial charge in [0.15, 0.2) is 5.96 Å². The Morgan fingerprint density at radius 3 is 2.74 bits per heavy atom. The van der Waals surface area contributed by atoms with Gasteiger partial charge in [-0.2, -0.15) is 0 Å². The second-order valence-corrected chi connectivity index (χ2v) is 5.65. The minimum absolute atomic E-state index is 0. The van der Waals surface area contributed by atoms with Crippen molar-refractivity contribution < 1.29 is 4.52 Å². The van der Waals surface area contributed by atoms with E-state index in [4.69, 9.17) is 27.7 Å². The van der Waals surface area contributed by atoms with Crippen LogP contribution in [0.5, 0.6) is 0 Å². The molecule has 0 atom stereocenters. The molecule has 0 aliphatic heterocycles. The maximum Gasteiger partial charge on any atom is 0.193 e. The zero-order chi connectivity index (χ0) is 15.9. The molecule has 1 heterocycles. The number of aliphatic imine (C=N–C) groups is 1. The molecule has 0 amide bonds. The third-order valence-electron chi connectivity index (χ3n) is 3.16. The largest absolute Gasteiger partial charge is 0.364 e. The molecular weight excluding hydrogens is 450 g/mol. The van der Waals surface area contributed by atoms with Crippen LogP contribution in [0.4, 0.5) is 0 Å². The summed E-state index contributed by atoms with van der Waals surface area (Å²) in [5.74, 6) is 0.785. The molecule has 0 fully saturated rings. The molecule has 0 spiro atoms. The van der Waals surface area contributed by atoms with Gasteiger partial charge >= 0.3 is 0 Å². The van der Waals surface area contributed by atoms with Crippen molar-refractivity contribution in [3.05, 3.63) is 51.8 Å². The molecule has 0 radical (unpaired) electrons. The number of hydrogen-bond acceptors (Lipinski definition) is 3. The van der Waals surface area contributed by atoms with Gasteiger partial charge in [-0.1, -0.05) is 34.4 Å². The number of nitrogens with zero attached hydrogens (tertiary/aromatic N) is 3. The van der Waals surface area contributed by atoms with E-state index in [1.165, 1.54) is 0 Å². The highest BCUT2D eigenvalue weighted by molar-refractivity contribution is 14.0. The summed E-state index contributed by atoms with van der Waals surface area (Å²) < 4.78 is 4.83. The molecule has 0 bridgehead atoms. The van der Waals surface area contributed by atoms with Crippen LogP contribution in [0.1, 0.15) is 11.3 Å². The fourth-order valence-corrected chi connectivity index (χ4v) is 2.56. The van der Waals surface area contributed by atoms with Crippen LogP contribution in [0, 0.1) is 0 Å². The zero-order valence-electron chi connectivity index (χ0n) is 12.9. The van der Waals surface area contributed by atoms with Crippen molar-refractivity contribution in [1.82, 2.24) is 15.4 Å². The average Bonchev–Trinajstić information content (AvgIpc) is 2.98. The average molecular weight is 469 g/mol. The van der Waals surface area contributed by atoms with E-state index >= 15 is 0 Å². The van der Waals surface area contributed by atoms with Crippen molar-refractivity contribution in [2.24, 2.45) is 4.99 Å². The van der Waals surface area contributed by atoms with Gasteiger partial charge in [-0.3, -0.25) is 4.99 Å². The maximum absolute atomic E-state index is 6.16. The summed E-state index contributed by atoms with van der Waals surface area (Å²) in [6.07, 6.45) is 2.34. The fraction of sp³-hybridized carbons (Fsp3) is 0.333. The first-order chi connectivity index (χ1) is 10.6. The Kier molecular flexibility index (Phi) is 8.72. The standard InChI is InChI=1S/C15H18Cl2N4O.HI/c1-18-15(21(2)10-13-6-8-22-20-13)19-7-5-11-3-4-12(16)9-14(11)17;/h3-4,6,8-9H,5,7,10H2,1-2H3,(H,18,19);1H. The van der Waals surface area contributed by atoms with Gasteiger partial charge in [-0.15, -0.1) is 24.0 Å². The lowest BCUT2D eigenvalue weighted by molar-refractivity contribution is 0.391. The molecule has 8 heteroatoms. The molecule has 0 unspecified atom stereocenters. The van der Waals surface area contributed by atoms with E-state index in [1.54, 1.807) is 19.4 Å². The van der Waals surface area contributed by atoms with Crippen molar-refractivity contribution >= 4 is 53.1 Å². The highest BCUT2D eigenvalue weighted by atomic mass is 127. The number of nitrogens with one attached hydrogen (secondary N) is 1. The number of benzene rings is 1. The van der Waals surface area contributed by atoms with Crippen molar-refractivity contribution in [1.29, 1.82) is 0 Å². The van der Waals surface area contributed by atoms with E-state index in [0.29, 0.717) is 16.6 Å². The Morgan fingerprint density at radius 2 is 2.13 bits per heavy atom. The molecular formula is C15H19Cl2IN4O. The Balaban J connectivity index is 0.00000264. The summed E-state index contributed by atoms with van der Waals surface area (Å²) in [4.78, 5) is 6.23. The molecule has 2 aromatic rings. The fourth-order valence-electron chi connectivity index (χ4n) is 2.06. The van der Waals surface area contributed by atoms with E-state index < -0.39 is 0 Å². The van der Waals surface area contributed by atoms with Gasteiger partial charge in [0.25, 0.3) is 0 Å². The van der Waals surface area contributed by atoms with Crippen molar-refractivity contribution in [2.45, 2.75) is 13.0 Å². The highest BCUT2D eigenvalue weighted by Crippen LogP contribution is 2.21. The Hall–Kier alpha value is -0.990. The van der Waals surface area contributed by atoms with Crippen LogP contribution in [-0.4, -0.2) is 36.7 Å². The first-order valence-corrected chi connectivity index (χ1v) is 7.60. The smallest absolute Gasteiger partial charge is 0.193 e. The summed E-state index contributed by atoms with van der Waals surface area (Å²) in [5.41, 5.74) is 1.90. The summed E-state index contributed by atoms with van der Waals surface area (Å²) in [5, 5.41) is 8.51. The maximum atomic E-state index is 6.16. The molecule has 0 aliphatic rings. The van der Waals surface area contributed by atoms with Gasteiger partial charge in [0, 0.05) is 36.8 Å². The van der Waals surface area contributed by atoms with E-state index in [-0.39, 0.29) is 24.0 Å². The Labute approximate surface area is 163 Å². The summed E-state index contributed by atoms with van der Waals surface area (Å²) in [6.45, 7) is 1.34. The normalized spacial score (nSPS) is 11.0. The summed E-state index contributed by atoms with van der Waals surface area (Å²) in [6, 6.07) is 7.36. The van der Waals surface area contributed by atoms with Crippen LogP contribution in [0.25, 0.3) is 0 Å². The van der Waals surface area contributed by atoms with Crippen LogP contribution >= 0.6 is 47.2 Å². The van der Waals surface area contributed by atoms with Crippen molar-refractivity contribution in [3.8, 4) is 0 Å². The van der Waals surface area contributed by atoms with Gasteiger partial charge < -0.3 is 14.7 Å². The Morgan fingerprint density at radius 1 is 1.35 bits per heavy atom. The molecule has 0 saturated heterocycles. The second kappa shape index (κ2) is 10.00. The van der Waals surface area contributed by atoms with Gasteiger partial charge in [-0.25, -0.2) is 0 Å². The number of rotatable bonds is 5.